The normalized spacial score (nSPS) is 10.6. The molecule has 0 aliphatic carbocycles. The largest absolute Gasteiger partial charge is 1.00 e. The van der Waals surface area contributed by atoms with Crippen molar-refractivity contribution in [1.82, 2.24) is 4.98 Å². The van der Waals surface area contributed by atoms with Gasteiger partial charge in [0, 0.05) is 40.2 Å². The molecule has 0 saturated heterocycles. The monoisotopic (exact) mass is 514 g/mol. The number of nitrogens with zero attached hydrogens (tertiary/aromatic N) is 2. The molecule has 0 radical (unpaired) electrons. The van der Waals surface area contributed by atoms with Gasteiger partial charge in [-0.3, -0.25) is 9.59 Å². The number of rotatable bonds is 8. The second-order valence-corrected chi connectivity index (χ2v) is 9.27. The maximum Gasteiger partial charge on any atom is 0.268 e. The molecule has 8 heteroatoms. The van der Waals surface area contributed by atoms with E-state index in [9.17, 15) is 9.59 Å². The van der Waals surface area contributed by atoms with E-state index in [4.69, 9.17) is 5.73 Å². The van der Waals surface area contributed by atoms with Crippen molar-refractivity contribution < 1.29 is 26.6 Å². The molecule has 5 aromatic rings. The van der Waals surface area contributed by atoms with Crippen molar-refractivity contribution in [2.45, 2.75) is 13.0 Å². The highest BCUT2D eigenvalue weighted by Gasteiger charge is 2.20. The number of fused-ring (bicyclic) bond motifs is 1. The van der Waals surface area contributed by atoms with E-state index in [0.717, 1.165) is 28.6 Å². The van der Waals surface area contributed by atoms with E-state index in [-0.39, 0.29) is 30.3 Å². The second kappa shape index (κ2) is 11.1. The van der Waals surface area contributed by atoms with E-state index in [1.165, 1.54) is 11.3 Å². The molecule has 0 bridgehead atoms. The van der Waals surface area contributed by atoms with Gasteiger partial charge in [-0.25, -0.2) is 9.55 Å². The molecule has 3 N–H and O–H groups in total. The van der Waals surface area contributed by atoms with E-state index < -0.39 is 5.91 Å². The summed E-state index contributed by atoms with van der Waals surface area (Å²) >= 11 is 1.27. The van der Waals surface area contributed by atoms with E-state index in [0.29, 0.717) is 15.6 Å². The zero-order valence-electron chi connectivity index (χ0n) is 19.2. The quantitative estimate of drug-likeness (QED) is 0.244. The van der Waals surface area contributed by atoms with E-state index >= 15 is 0 Å². The van der Waals surface area contributed by atoms with Gasteiger partial charge in [-0.2, -0.15) is 0 Å². The summed E-state index contributed by atoms with van der Waals surface area (Å²) in [6.45, 7) is 0.722. The zero-order chi connectivity index (χ0) is 24.2. The number of nitrogens with two attached hydrogens (primary N) is 1. The standard InChI is InChI=1S/C28H22N4O2S.ClH/c29-27(34)26-25(35-28(31-26)30-23-13-12-20-6-2-3-7-22(20)16-23)17-24(33)21-10-8-19(9-11-21)18-32-14-4-1-5-15-32;/h1-16H,17-18H2,(H2-,29,30,31,34);1H. The molecule has 0 aliphatic rings. The van der Waals surface area contributed by atoms with Gasteiger partial charge < -0.3 is 23.5 Å². The van der Waals surface area contributed by atoms with Gasteiger partial charge in [0.15, 0.2) is 29.9 Å². The summed E-state index contributed by atoms with van der Waals surface area (Å²) in [5, 5.41) is 5.99. The molecular formula is C28H23ClN4O2S. The van der Waals surface area contributed by atoms with Crippen LogP contribution in [0.5, 0.6) is 0 Å². The number of hydrogen-bond acceptors (Lipinski definition) is 5. The Kier molecular flexibility index (Phi) is 7.73. The van der Waals surface area contributed by atoms with E-state index in [2.05, 4.69) is 14.9 Å². The average molecular weight is 515 g/mol. The number of amides is 1. The Hall–Kier alpha value is -4.07. The summed E-state index contributed by atoms with van der Waals surface area (Å²) < 4.78 is 2.07. The van der Waals surface area contributed by atoms with Crippen LogP contribution in [0.25, 0.3) is 10.8 Å². The molecule has 36 heavy (non-hydrogen) atoms. The highest BCUT2D eigenvalue weighted by Crippen LogP contribution is 2.29. The number of benzene rings is 3. The molecule has 6 nitrogen and oxygen atoms in total. The zero-order valence-corrected chi connectivity index (χ0v) is 20.8. The first-order valence-electron chi connectivity index (χ1n) is 11.2. The highest BCUT2D eigenvalue weighted by atomic mass is 35.5. The minimum Gasteiger partial charge on any atom is -1.00 e. The first-order valence-corrected chi connectivity index (χ1v) is 12.0. The fraction of sp³-hybridized carbons (Fsp3) is 0.0714. The first-order chi connectivity index (χ1) is 17.0. The molecule has 0 fully saturated rings. The number of primary amides is 1. The van der Waals surface area contributed by atoms with Crippen molar-refractivity contribution in [3.63, 3.8) is 0 Å². The summed E-state index contributed by atoms with van der Waals surface area (Å²) in [4.78, 5) is 29.9. The number of aromatic nitrogens is 2. The van der Waals surface area contributed by atoms with Gasteiger partial charge in [-0.05, 0) is 22.9 Å². The molecule has 2 heterocycles. The molecule has 0 aliphatic heterocycles. The molecule has 0 spiro atoms. The van der Waals surface area contributed by atoms with Gasteiger partial charge in [0.2, 0.25) is 0 Å². The van der Waals surface area contributed by atoms with Crippen LogP contribution in [0.2, 0.25) is 0 Å². The number of Topliss-reactive ketones (excluding diaryl/α,β-unsaturated/α-hetero) is 1. The smallest absolute Gasteiger partial charge is 0.268 e. The van der Waals surface area contributed by atoms with Crippen LogP contribution in [0.15, 0.2) is 97.3 Å². The summed E-state index contributed by atoms with van der Waals surface area (Å²) in [5.74, 6) is -0.738. The Labute approximate surface area is 218 Å². The van der Waals surface area contributed by atoms with Crippen LogP contribution in [-0.2, 0) is 13.0 Å². The van der Waals surface area contributed by atoms with Crippen molar-refractivity contribution in [1.29, 1.82) is 0 Å². The number of ketones is 1. The maximum atomic E-state index is 13.0. The van der Waals surface area contributed by atoms with Crippen molar-refractivity contribution >= 4 is 44.6 Å². The molecule has 3 aromatic carbocycles. The number of pyridine rings is 1. The minimum absolute atomic E-state index is 0. The van der Waals surface area contributed by atoms with Gasteiger partial charge in [0.25, 0.3) is 5.91 Å². The van der Waals surface area contributed by atoms with Crippen molar-refractivity contribution in [2.24, 2.45) is 5.73 Å². The second-order valence-electron chi connectivity index (χ2n) is 8.19. The predicted octanol–water partition coefficient (Wildman–Crippen LogP) is 1.90. The lowest BCUT2D eigenvalue weighted by Crippen LogP contribution is -3.00. The number of nitrogens with one attached hydrogen (secondary N) is 1. The lowest BCUT2D eigenvalue weighted by Gasteiger charge is -2.04. The van der Waals surface area contributed by atoms with Crippen molar-refractivity contribution in [3.05, 3.63) is 119 Å². The maximum absolute atomic E-state index is 13.0. The third-order valence-electron chi connectivity index (χ3n) is 5.67. The Morgan fingerprint density at radius 1 is 0.889 bits per heavy atom. The Balaban J connectivity index is 0.00000304. The van der Waals surface area contributed by atoms with Gasteiger partial charge in [0.1, 0.15) is 5.69 Å². The fourth-order valence-electron chi connectivity index (χ4n) is 3.90. The van der Waals surface area contributed by atoms with E-state index in [1.807, 2.05) is 97.3 Å². The van der Waals surface area contributed by atoms with Crippen molar-refractivity contribution in [2.75, 3.05) is 5.32 Å². The van der Waals surface area contributed by atoms with Crippen molar-refractivity contribution in [3.8, 4) is 0 Å². The Morgan fingerprint density at radius 2 is 1.61 bits per heavy atom. The number of hydrogen-bond donors (Lipinski definition) is 2. The summed E-state index contributed by atoms with van der Waals surface area (Å²) in [7, 11) is 0. The first kappa shape index (κ1) is 25.0. The van der Waals surface area contributed by atoms with Gasteiger partial charge in [-0.1, -0.05) is 60.7 Å². The van der Waals surface area contributed by atoms with Gasteiger partial charge in [-0.15, -0.1) is 11.3 Å². The number of halogens is 1. The molecule has 5 rings (SSSR count). The SMILES string of the molecule is NC(=O)c1nc(Nc2ccc3ccccc3c2)sc1CC(=O)c1ccc(C[n+]2ccccc2)cc1.[Cl-]. The van der Waals surface area contributed by atoms with Crippen LogP contribution in [0.1, 0.15) is 31.3 Å². The van der Waals surface area contributed by atoms with Crippen LogP contribution in [0.3, 0.4) is 0 Å². The Morgan fingerprint density at radius 3 is 2.33 bits per heavy atom. The molecule has 0 saturated carbocycles. The molecule has 180 valence electrons. The third kappa shape index (κ3) is 5.76. The number of carbonyl (C=O) groups is 2. The lowest BCUT2D eigenvalue weighted by molar-refractivity contribution is -0.688. The van der Waals surface area contributed by atoms with Crippen LogP contribution >= 0.6 is 11.3 Å². The Bertz CT molecular complexity index is 1520. The molecule has 0 atom stereocenters. The van der Waals surface area contributed by atoms with Crippen LogP contribution in [-0.4, -0.2) is 16.7 Å². The third-order valence-corrected chi connectivity index (χ3v) is 6.64. The summed E-state index contributed by atoms with van der Waals surface area (Å²) in [6.07, 6.45) is 4.05. The van der Waals surface area contributed by atoms with Gasteiger partial charge >= 0.3 is 0 Å². The highest BCUT2D eigenvalue weighted by molar-refractivity contribution is 7.16. The minimum atomic E-state index is -0.647. The molecular weight excluding hydrogens is 492 g/mol. The average Bonchev–Trinajstić information content (AvgIpc) is 3.27. The van der Waals surface area contributed by atoms with Crippen LogP contribution in [0.4, 0.5) is 10.8 Å². The molecule has 0 unspecified atom stereocenters. The van der Waals surface area contributed by atoms with Gasteiger partial charge in [0.05, 0.1) is 0 Å². The molecule has 2 aromatic heterocycles. The number of thiazole rings is 1. The van der Waals surface area contributed by atoms with Crippen LogP contribution in [0, 0.1) is 0 Å². The fourth-order valence-corrected chi connectivity index (χ4v) is 4.89. The summed E-state index contributed by atoms with van der Waals surface area (Å²) in [5.41, 5.74) is 8.22. The van der Waals surface area contributed by atoms with E-state index in [1.54, 1.807) is 0 Å². The number of anilines is 2. The van der Waals surface area contributed by atoms with Crippen LogP contribution < -0.4 is 28.0 Å². The summed E-state index contributed by atoms with van der Waals surface area (Å²) in [6, 6.07) is 27.5. The molecule has 1 amide bonds. The predicted molar refractivity (Wildman–Crippen MR) is 138 cm³/mol. The number of carbonyl (C=O) groups excluding carboxylic acids is 2. The lowest BCUT2D eigenvalue weighted by atomic mass is 10.0. The topological polar surface area (TPSA) is 89.0 Å².